The topological polar surface area (TPSA) is 28.5 Å². The Bertz CT molecular complexity index is 638. The summed E-state index contributed by atoms with van der Waals surface area (Å²) < 4.78 is 0. The van der Waals surface area contributed by atoms with Gasteiger partial charge in [-0.15, -0.1) is 0 Å². The van der Waals surface area contributed by atoms with E-state index in [1.54, 1.807) is 4.90 Å². The minimum Gasteiger partial charge on any atom is -0.356 e. The molecule has 4 heteroatoms. The van der Waals surface area contributed by atoms with Crippen LogP contribution in [0.1, 0.15) is 31.0 Å². The Morgan fingerprint density at radius 2 is 1.75 bits per heavy atom. The van der Waals surface area contributed by atoms with Crippen molar-refractivity contribution in [1.29, 1.82) is 0 Å². The summed E-state index contributed by atoms with van der Waals surface area (Å²) in [6.45, 7) is 9.55. The van der Waals surface area contributed by atoms with Crippen LogP contribution in [0.25, 0.3) is 0 Å². The smallest absolute Gasteiger partial charge is 0.171 e. The first kappa shape index (κ1) is 18.4. The second-order valence-electron chi connectivity index (χ2n) is 6.03. The number of aryl methyl sites for hydroxylation is 1. The van der Waals surface area contributed by atoms with E-state index >= 15 is 0 Å². The van der Waals surface area contributed by atoms with Gasteiger partial charge in [-0.3, -0.25) is 0 Å². The van der Waals surface area contributed by atoms with E-state index < -0.39 is 0 Å². The molecule has 128 valence electrons. The molecule has 1 atom stereocenters. The molecule has 0 saturated heterocycles. The Balaban J connectivity index is 2.00. The Kier molecular flexibility index (Phi) is 7.22. The van der Waals surface area contributed by atoms with Crippen LogP contribution < -0.4 is 15.5 Å². The fraction of sp³-hybridized carbons (Fsp3) is 0.350. The monoisotopic (exact) mass is 342 g/mol. The summed E-state index contributed by atoms with van der Waals surface area (Å²) >= 11 is 5.48. The molecular weight excluding hydrogens is 314 g/mol. The molecule has 0 fully saturated rings. The molecule has 0 aliphatic carbocycles. The summed E-state index contributed by atoms with van der Waals surface area (Å²) in [5.41, 5.74) is 3.60. The van der Waals surface area contributed by atoms with Crippen LogP contribution in [0.3, 0.4) is 0 Å². The van der Waals surface area contributed by atoms with E-state index in [9.17, 15) is 0 Å². The van der Waals surface area contributed by atoms with Gasteiger partial charge in [-0.25, -0.2) is 0 Å². The molecule has 0 amide bonds. The number of rotatable bonds is 7. The van der Waals surface area contributed by atoms with Crippen molar-refractivity contribution < 1.29 is 4.90 Å². The second-order valence-corrected chi connectivity index (χ2v) is 6.44. The van der Waals surface area contributed by atoms with Crippen molar-refractivity contribution in [3.63, 3.8) is 0 Å². The predicted molar refractivity (Wildman–Crippen MR) is 107 cm³/mol. The highest BCUT2D eigenvalue weighted by molar-refractivity contribution is 7.80. The molecule has 0 heterocycles. The molecule has 0 aliphatic heterocycles. The molecule has 24 heavy (non-hydrogen) atoms. The maximum atomic E-state index is 5.48. The van der Waals surface area contributed by atoms with Gasteiger partial charge in [0.15, 0.2) is 5.11 Å². The van der Waals surface area contributed by atoms with Crippen LogP contribution in [0.15, 0.2) is 54.6 Å². The van der Waals surface area contributed by atoms with E-state index in [4.69, 9.17) is 12.2 Å². The zero-order chi connectivity index (χ0) is 17.4. The molecule has 2 aromatic rings. The highest BCUT2D eigenvalue weighted by Gasteiger charge is 2.21. The van der Waals surface area contributed by atoms with Crippen molar-refractivity contribution in [2.45, 2.75) is 26.8 Å². The van der Waals surface area contributed by atoms with Crippen molar-refractivity contribution >= 4 is 23.0 Å². The molecule has 0 radical (unpaired) electrons. The fourth-order valence-electron chi connectivity index (χ4n) is 3.02. The summed E-state index contributed by atoms with van der Waals surface area (Å²) in [4.78, 5) is 1.55. The molecule has 0 bridgehead atoms. The van der Waals surface area contributed by atoms with Crippen molar-refractivity contribution in [3.05, 3.63) is 65.7 Å². The van der Waals surface area contributed by atoms with E-state index in [-0.39, 0.29) is 0 Å². The number of hydrogen-bond donors (Lipinski definition) is 3. The first-order valence-corrected chi connectivity index (χ1v) is 9.05. The highest BCUT2D eigenvalue weighted by atomic mass is 32.1. The van der Waals surface area contributed by atoms with E-state index in [1.807, 2.05) is 12.1 Å². The van der Waals surface area contributed by atoms with Crippen molar-refractivity contribution in [2.24, 2.45) is 0 Å². The molecule has 0 aliphatic rings. The Morgan fingerprint density at radius 3 is 2.38 bits per heavy atom. The maximum Gasteiger partial charge on any atom is 0.171 e. The first-order chi connectivity index (χ1) is 11.6. The molecule has 0 unspecified atom stereocenters. The van der Waals surface area contributed by atoms with Crippen molar-refractivity contribution in [2.75, 3.05) is 25.0 Å². The number of benzene rings is 2. The van der Waals surface area contributed by atoms with Crippen LogP contribution >= 0.6 is 12.2 Å². The third-order valence-electron chi connectivity index (χ3n) is 4.35. The van der Waals surface area contributed by atoms with E-state index in [1.165, 1.54) is 11.1 Å². The van der Waals surface area contributed by atoms with E-state index in [0.29, 0.717) is 11.2 Å². The highest BCUT2D eigenvalue weighted by Crippen LogP contribution is 2.10. The minimum absolute atomic E-state index is 0.387. The summed E-state index contributed by atoms with van der Waals surface area (Å²) in [6, 6.07) is 19.3. The van der Waals surface area contributed by atoms with Gasteiger partial charge in [-0.1, -0.05) is 42.5 Å². The van der Waals surface area contributed by atoms with Crippen LogP contribution in [0.2, 0.25) is 0 Å². The number of likely N-dealkylation sites (N-methyl/N-ethyl adjacent to an activating group) is 1. The summed E-state index contributed by atoms with van der Waals surface area (Å²) in [5, 5.41) is 7.35. The SMILES string of the molecule is CC[NH+](CC)[C@@H](CNC(=S)Nc1cccc(C)c1)c1ccccc1. The van der Waals surface area contributed by atoms with Gasteiger partial charge in [-0.2, -0.15) is 0 Å². The molecule has 0 spiro atoms. The number of quaternary nitrogens is 1. The zero-order valence-corrected chi connectivity index (χ0v) is 15.6. The number of nitrogens with one attached hydrogen (secondary N) is 3. The lowest BCUT2D eigenvalue weighted by atomic mass is 10.1. The Labute approximate surface area is 151 Å². The van der Waals surface area contributed by atoms with Crippen LogP contribution in [0.5, 0.6) is 0 Å². The van der Waals surface area contributed by atoms with Crippen LogP contribution in [-0.4, -0.2) is 24.7 Å². The predicted octanol–water partition coefficient (Wildman–Crippen LogP) is 2.95. The average molecular weight is 343 g/mol. The molecule has 0 saturated carbocycles. The molecule has 3 N–H and O–H groups in total. The summed E-state index contributed by atoms with van der Waals surface area (Å²) in [5.74, 6) is 0. The van der Waals surface area contributed by atoms with Gasteiger partial charge in [0.1, 0.15) is 6.04 Å². The van der Waals surface area contributed by atoms with Gasteiger partial charge in [-0.05, 0) is 50.7 Å². The number of hydrogen-bond acceptors (Lipinski definition) is 1. The number of anilines is 1. The van der Waals surface area contributed by atoms with Crippen LogP contribution in [0.4, 0.5) is 5.69 Å². The van der Waals surface area contributed by atoms with Gasteiger partial charge < -0.3 is 15.5 Å². The zero-order valence-electron chi connectivity index (χ0n) is 14.8. The molecule has 0 aromatic heterocycles. The quantitative estimate of drug-likeness (QED) is 0.676. The first-order valence-electron chi connectivity index (χ1n) is 8.65. The summed E-state index contributed by atoms with van der Waals surface area (Å²) in [6.07, 6.45) is 0. The second kappa shape index (κ2) is 9.40. The molecule has 2 aromatic carbocycles. The lowest BCUT2D eigenvalue weighted by Gasteiger charge is -2.27. The van der Waals surface area contributed by atoms with Crippen molar-refractivity contribution in [3.8, 4) is 0 Å². The Hall–Kier alpha value is -1.91. The van der Waals surface area contributed by atoms with Gasteiger partial charge in [0.2, 0.25) is 0 Å². The van der Waals surface area contributed by atoms with Crippen LogP contribution in [0, 0.1) is 6.92 Å². The average Bonchev–Trinajstić information content (AvgIpc) is 2.59. The lowest BCUT2D eigenvalue weighted by Crippen LogP contribution is -3.12. The van der Waals surface area contributed by atoms with Gasteiger partial charge >= 0.3 is 0 Å². The minimum atomic E-state index is 0.387. The lowest BCUT2D eigenvalue weighted by molar-refractivity contribution is -0.927. The van der Waals surface area contributed by atoms with Crippen molar-refractivity contribution in [1.82, 2.24) is 5.32 Å². The van der Waals surface area contributed by atoms with Crippen LogP contribution in [-0.2, 0) is 0 Å². The fourth-order valence-corrected chi connectivity index (χ4v) is 3.22. The van der Waals surface area contributed by atoms with Gasteiger partial charge in [0.05, 0.1) is 19.6 Å². The largest absolute Gasteiger partial charge is 0.356 e. The normalized spacial score (nSPS) is 12.0. The standard InChI is InChI=1S/C20H27N3S/c1-4-23(5-2)19(17-11-7-6-8-12-17)15-21-20(24)22-18-13-9-10-16(3)14-18/h6-14,19H,4-5,15H2,1-3H3,(H2,21,22,24)/p+1/t19-/m0/s1. The van der Waals surface area contributed by atoms with E-state index in [2.05, 4.69) is 73.9 Å². The maximum absolute atomic E-state index is 5.48. The third kappa shape index (κ3) is 5.32. The molecular formula is C20H28N3S+. The number of thiocarbonyl (C=S) groups is 1. The Morgan fingerprint density at radius 1 is 1.04 bits per heavy atom. The summed E-state index contributed by atoms with van der Waals surface area (Å²) in [7, 11) is 0. The van der Waals surface area contributed by atoms with Gasteiger partial charge in [0.25, 0.3) is 0 Å². The third-order valence-corrected chi connectivity index (χ3v) is 4.59. The van der Waals surface area contributed by atoms with Gasteiger partial charge in [0, 0.05) is 11.3 Å². The molecule has 2 rings (SSSR count). The molecule has 3 nitrogen and oxygen atoms in total. The van der Waals surface area contributed by atoms with E-state index in [0.717, 1.165) is 25.3 Å².